The third-order valence-corrected chi connectivity index (χ3v) is 13.1. The Bertz CT molecular complexity index is 1800. The van der Waals surface area contributed by atoms with Crippen molar-refractivity contribution >= 4 is 41.0 Å². The first kappa shape index (κ1) is 33.1. The normalized spacial score (nSPS) is 24.1. The van der Waals surface area contributed by atoms with Gasteiger partial charge in [-0.1, -0.05) is 111 Å². The second-order valence-corrected chi connectivity index (χ2v) is 16.0. The predicted octanol–water partition coefficient (Wildman–Crippen LogP) is 11.5. The largest absolute Gasteiger partial charge is 0.342 e. The molecule has 0 unspecified atom stereocenters. The zero-order valence-corrected chi connectivity index (χ0v) is 30.4. The molecule has 1 aliphatic heterocycles. The summed E-state index contributed by atoms with van der Waals surface area (Å²) in [5.41, 5.74) is 6.47. The van der Waals surface area contributed by atoms with Crippen molar-refractivity contribution in [2.24, 2.45) is 0 Å². The van der Waals surface area contributed by atoms with Gasteiger partial charge in [0, 0.05) is 33.0 Å². The van der Waals surface area contributed by atoms with Crippen LogP contribution in [0.5, 0.6) is 0 Å². The van der Waals surface area contributed by atoms with Crippen molar-refractivity contribution in [1.29, 1.82) is 0 Å². The van der Waals surface area contributed by atoms with Gasteiger partial charge >= 0.3 is 0 Å². The Balaban J connectivity index is 1.39. The van der Waals surface area contributed by atoms with Gasteiger partial charge in [-0.05, 0) is 96.4 Å². The molecule has 49 heavy (non-hydrogen) atoms. The van der Waals surface area contributed by atoms with Crippen molar-refractivity contribution in [1.82, 2.24) is 4.90 Å². The summed E-state index contributed by atoms with van der Waals surface area (Å²) in [7, 11) is 0. The maximum atomic E-state index is 15.4. The van der Waals surface area contributed by atoms with Crippen LogP contribution in [0.2, 0.25) is 0 Å². The van der Waals surface area contributed by atoms with Crippen LogP contribution < -0.4 is 0 Å². The average Bonchev–Trinajstić information content (AvgIpc) is 3.18. The van der Waals surface area contributed by atoms with Gasteiger partial charge in [-0.25, -0.2) is 0 Å². The lowest BCUT2D eigenvalue weighted by molar-refractivity contribution is -0.179. The molecular weight excluding hydrogens is 639 g/mol. The molecule has 252 valence electrons. The molecule has 0 spiro atoms. The summed E-state index contributed by atoms with van der Waals surface area (Å²) in [5.74, 6) is -0.445. The third-order valence-electron chi connectivity index (χ3n) is 11.6. The smallest absolute Gasteiger partial charge is 0.173 e. The first-order valence-electron chi connectivity index (χ1n) is 18.3. The fraction of sp³-hybridized carbons (Fsp3) is 0.386. The quantitative estimate of drug-likeness (QED) is 0.136. The Kier molecular flexibility index (Phi) is 9.63. The molecule has 2 saturated carbocycles. The highest BCUT2D eigenvalue weighted by Gasteiger charge is 2.57. The Labute approximate surface area is 300 Å². The highest BCUT2D eigenvalue weighted by atomic mass is 32.2. The summed E-state index contributed by atoms with van der Waals surface area (Å²) in [5, 5.41) is 0. The number of rotatable bonds is 8. The van der Waals surface area contributed by atoms with Gasteiger partial charge in [0.05, 0.1) is 5.92 Å². The molecule has 0 amide bonds. The van der Waals surface area contributed by atoms with E-state index in [4.69, 9.17) is 4.74 Å². The molecule has 0 saturated heterocycles. The van der Waals surface area contributed by atoms with E-state index >= 15 is 4.79 Å². The summed E-state index contributed by atoms with van der Waals surface area (Å²) >= 11 is 3.45. The van der Waals surface area contributed by atoms with Gasteiger partial charge in [0.1, 0.15) is 11.8 Å². The summed E-state index contributed by atoms with van der Waals surface area (Å²) in [6.45, 7) is 0. The van der Waals surface area contributed by atoms with Crippen molar-refractivity contribution in [3.05, 3.63) is 130 Å². The van der Waals surface area contributed by atoms with E-state index in [1.165, 1.54) is 80.2 Å². The molecule has 0 N–H and O–H groups in total. The number of benzene rings is 4. The van der Waals surface area contributed by atoms with Crippen molar-refractivity contribution in [2.75, 3.05) is 12.5 Å². The lowest BCUT2D eigenvalue weighted by atomic mass is 9.62. The SMILES string of the molecule is CSc1ccc(C(=O)[C@@H]2c3ccccc3C=C3c4ccccc4[C@H](N(C4CCCCC4)C4CCCCC4)O[C@@]32c2ccc(SC)cc2)cc1. The van der Waals surface area contributed by atoms with Crippen molar-refractivity contribution in [3.63, 3.8) is 0 Å². The first-order valence-corrected chi connectivity index (χ1v) is 20.8. The van der Waals surface area contributed by atoms with Gasteiger partial charge in [-0.3, -0.25) is 9.69 Å². The van der Waals surface area contributed by atoms with E-state index in [1.54, 1.807) is 23.5 Å². The second-order valence-electron chi connectivity index (χ2n) is 14.3. The minimum atomic E-state index is -1.01. The number of Topliss-reactive ketones (excluding diaryl/α,β-unsaturated/α-hetero) is 1. The molecule has 2 fully saturated rings. The Morgan fingerprint density at radius 1 is 0.673 bits per heavy atom. The minimum Gasteiger partial charge on any atom is -0.342 e. The molecule has 3 aliphatic carbocycles. The van der Waals surface area contributed by atoms with Crippen LogP contribution in [0.25, 0.3) is 11.6 Å². The van der Waals surface area contributed by atoms with E-state index < -0.39 is 11.5 Å². The molecule has 4 aromatic carbocycles. The van der Waals surface area contributed by atoms with Crippen LogP contribution in [0.3, 0.4) is 0 Å². The number of ether oxygens (including phenoxy) is 1. The van der Waals surface area contributed by atoms with Gasteiger partial charge in [-0.15, -0.1) is 23.5 Å². The topological polar surface area (TPSA) is 29.5 Å². The number of hydrogen-bond donors (Lipinski definition) is 0. The Hall–Kier alpha value is -3.09. The molecule has 0 radical (unpaired) electrons. The molecule has 4 aliphatic rings. The summed E-state index contributed by atoms with van der Waals surface area (Å²) in [4.78, 5) is 20.6. The molecule has 4 aromatic rings. The van der Waals surface area contributed by atoms with Crippen LogP contribution in [0.1, 0.15) is 115 Å². The number of ketones is 1. The number of nitrogens with zero attached hydrogens (tertiary/aromatic N) is 1. The van der Waals surface area contributed by atoms with Crippen molar-refractivity contribution in [3.8, 4) is 0 Å². The van der Waals surface area contributed by atoms with Crippen LogP contribution >= 0.6 is 23.5 Å². The highest BCUT2D eigenvalue weighted by molar-refractivity contribution is 7.98. The van der Waals surface area contributed by atoms with Gasteiger partial charge in [0.2, 0.25) is 0 Å². The lowest BCUT2D eigenvalue weighted by Gasteiger charge is -2.55. The van der Waals surface area contributed by atoms with E-state index in [9.17, 15) is 0 Å². The molecule has 3 nitrogen and oxygen atoms in total. The maximum absolute atomic E-state index is 15.4. The number of thioether (sulfide) groups is 2. The molecule has 5 heteroatoms. The molecular formula is C44H47NO2S2. The Morgan fingerprint density at radius 3 is 1.84 bits per heavy atom. The summed E-state index contributed by atoms with van der Waals surface area (Å²) < 4.78 is 8.02. The fourth-order valence-electron chi connectivity index (χ4n) is 9.29. The zero-order valence-electron chi connectivity index (χ0n) is 28.8. The van der Waals surface area contributed by atoms with E-state index in [-0.39, 0.29) is 12.0 Å². The Morgan fingerprint density at radius 2 is 1.22 bits per heavy atom. The average molecular weight is 686 g/mol. The number of carbonyl (C=O) groups is 1. The van der Waals surface area contributed by atoms with Crippen LogP contribution in [0, 0.1) is 0 Å². The van der Waals surface area contributed by atoms with E-state index in [1.807, 2.05) is 12.1 Å². The van der Waals surface area contributed by atoms with Crippen LogP contribution in [-0.4, -0.2) is 35.3 Å². The van der Waals surface area contributed by atoms with E-state index in [0.717, 1.165) is 32.7 Å². The number of fused-ring (bicyclic) bond motifs is 4. The molecule has 8 rings (SSSR count). The molecule has 1 heterocycles. The van der Waals surface area contributed by atoms with Crippen molar-refractivity contribution < 1.29 is 9.53 Å². The monoisotopic (exact) mass is 685 g/mol. The highest BCUT2D eigenvalue weighted by Crippen LogP contribution is 2.61. The molecule has 3 atom stereocenters. The number of carbonyl (C=O) groups excluding carboxylic acids is 1. The van der Waals surface area contributed by atoms with Gasteiger partial charge in [0.15, 0.2) is 5.78 Å². The molecule has 0 aromatic heterocycles. The second kappa shape index (κ2) is 14.3. The zero-order chi connectivity index (χ0) is 33.4. The van der Waals surface area contributed by atoms with E-state index in [0.29, 0.717) is 12.1 Å². The summed E-state index contributed by atoms with van der Waals surface area (Å²) in [6.07, 6.45) is 18.9. The maximum Gasteiger partial charge on any atom is 0.173 e. The van der Waals surface area contributed by atoms with Gasteiger partial charge < -0.3 is 4.74 Å². The van der Waals surface area contributed by atoms with Crippen LogP contribution in [-0.2, 0) is 10.3 Å². The summed E-state index contributed by atoms with van der Waals surface area (Å²) in [6, 6.07) is 35.5. The van der Waals surface area contributed by atoms with Gasteiger partial charge in [-0.2, -0.15) is 0 Å². The van der Waals surface area contributed by atoms with Crippen molar-refractivity contribution in [2.45, 2.75) is 104 Å². The third kappa shape index (κ3) is 5.95. The predicted molar refractivity (Wildman–Crippen MR) is 205 cm³/mol. The number of hydrogen-bond acceptors (Lipinski definition) is 5. The molecule has 0 bridgehead atoms. The van der Waals surface area contributed by atoms with Gasteiger partial charge in [0.25, 0.3) is 0 Å². The first-order chi connectivity index (χ1) is 24.1. The van der Waals surface area contributed by atoms with Crippen LogP contribution in [0.15, 0.2) is 107 Å². The lowest BCUT2D eigenvalue weighted by Crippen LogP contribution is -2.54. The minimum absolute atomic E-state index is 0.111. The fourth-order valence-corrected chi connectivity index (χ4v) is 10.1. The van der Waals surface area contributed by atoms with Crippen LogP contribution in [0.4, 0.5) is 0 Å². The standard InChI is InChI=1S/C44H47NO2S2/c1-48-35-25-21-30(22-26-35)42(46)41-37-18-10-9-13-31(37)29-40-38-19-11-12-20-39(38)43(47-44(40,41)32-23-27-36(49-2)28-24-32)45(33-14-5-3-6-15-33)34-16-7-4-8-17-34/h9-13,18-29,33-34,41,43H,3-8,14-17H2,1-2H3/t41-,43+,44-/m0/s1. The van der Waals surface area contributed by atoms with E-state index in [2.05, 4.69) is 108 Å².